The van der Waals surface area contributed by atoms with E-state index in [1.165, 1.54) is 54.7 Å². The van der Waals surface area contributed by atoms with E-state index in [1.54, 1.807) is 24.3 Å². The molecule has 0 bridgehead atoms. The van der Waals surface area contributed by atoms with Crippen LogP contribution >= 0.6 is 11.6 Å². The van der Waals surface area contributed by atoms with Crippen molar-refractivity contribution in [3.63, 3.8) is 0 Å². The molecule has 0 amide bonds. The number of ether oxygens (including phenoxy) is 1. The fourth-order valence-electron chi connectivity index (χ4n) is 3.09. The summed E-state index contributed by atoms with van der Waals surface area (Å²) in [5.74, 6) is 0.107. The summed E-state index contributed by atoms with van der Waals surface area (Å²) in [4.78, 5) is 34.8. The second-order valence-corrected chi connectivity index (χ2v) is 6.71. The molecule has 1 aromatic carbocycles. The van der Waals surface area contributed by atoms with Gasteiger partial charge in [-0.15, -0.1) is 0 Å². The van der Waals surface area contributed by atoms with E-state index >= 15 is 0 Å². The van der Waals surface area contributed by atoms with Crippen molar-refractivity contribution in [3.05, 3.63) is 93.1 Å². The summed E-state index contributed by atoms with van der Waals surface area (Å²) < 4.78 is 7.51. The zero-order chi connectivity index (χ0) is 21.3. The molecule has 0 fully saturated rings. The summed E-state index contributed by atoms with van der Waals surface area (Å²) in [6, 6.07) is 10.8. The zero-order valence-electron chi connectivity index (χ0n) is 15.7. The number of phenolic OH excluding ortho intramolecular Hbond substituents is 1. The predicted molar refractivity (Wildman–Crippen MR) is 112 cm³/mol. The van der Waals surface area contributed by atoms with Gasteiger partial charge in [-0.25, -0.2) is 14.3 Å². The Morgan fingerprint density at radius 3 is 2.53 bits per heavy atom. The third-order valence-corrected chi connectivity index (χ3v) is 4.61. The van der Waals surface area contributed by atoms with Crippen LogP contribution in [0.4, 0.5) is 0 Å². The maximum Gasteiger partial charge on any atom is 0.340 e. The van der Waals surface area contributed by atoms with Gasteiger partial charge in [-0.2, -0.15) is 0 Å². The molecule has 1 N–H and O–H groups in total. The highest BCUT2D eigenvalue weighted by atomic mass is 35.5. The zero-order valence-corrected chi connectivity index (χ0v) is 16.4. The second-order valence-electron chi connectivity index (χ2n) is 6.28. The quantitative estimate of drug-likeness (QED) is 0.543. The van der Waals surface area contributed by atoms with Crippen LogP contribution in [0.25, 0.3) is 22.5 Å². The molecule has 30 heavy (non-hydrogen) atoms. The smallest absolute Gasteiger partial charge is 0.340 e. The molecular formula is C21H15ClN4O4. The minimum Gasteiger partial charge on any atom is -0.508 e. The predicted octanol–water partition coefficient (Wildman–Crippen LogP) is 2.81. The number of hydrogen-bond donors (Lipinski definition) is 1. The lowest BCUT2D eigenvalue weighted by Gasteiger charge is -2.14. The van der Waals surface area contributed by atoms with Crippen LogP contribution in [-0.4, -0.2) is 31.3 Å². The van der Waals surface area contributed by atoms with Gasteiger partial charge < -0.3 is 9.84 Å². The van der Waals surface area contributed by atoms with E-state index in [1.807, 2.05) is 0 Å². The van der Waals surface area contributed by atoms with Gasteiger partial charge in [-0.1, -0.05) is 11.6 Å². The number of nitrogens with zero attached hydrogens (tertiary/aromatic N) is 4. The average Bonchev–Trinajstić information content (AvgIpc) is 2.74. The first-order chi connectivity index (χ1) is 14.5. The van der Waals surface area contributed by atoms with Crippen LogP contribution < -0.4 is 16.0 Å². The number of rotatable bonds is 4. The van der Waals surface area contributed by atoms with Gasteiger partial charge in [0.2, 0.25) is 5.88 Å². The molecule has 4 aromatic rings. The number of pyridine rings is 2. The Morgan fingerprint density at radius 2 is 1.83 bits per heavy atom. The largest absolute Gasteiger partial charge is 0.508 e. The summed E-state index contributed by atoms with van der Waals surface area (Å²) in [5.41, 5.74) is -0.0717. The highest BCUT2D eigenvalue weighted by molar-refractivity contribution is 6.30. The third-order valence-electron chi connectivity index (χ3n) is 4.39. The molecular weight excluding hydrogens is 408 g/mol. The number of halogens is 1. The molecule has 3 aromatic heterocycles. The van der Waals surface area contributed by atoms with E-state index in [-0.39, 0.29) is 33.6 Å². The lowest BCUT2D eigenvalue weighted by atomic mass is 10.1. The minimum absolute atomic E-state index is 0.121. The topological polar surface area (TPSA) is 99.2 Å². The van der Waals surface area contributed by atoms with Gasteiger partial charge in [0.05, 0.1) is 35.8 Å². The van der Waals surface area contributed by atoms with Crippen LogP contribution in [0.2, 0.25) is 5.02 Å². The highest BCUT2D eigenvalue weighted by Gasteiger charge is 2.19. The van der Waals surface area contributed by atoms with Crippen LogP contribution in [-0.2, 0) is 0 Å². The van der Waals surface area contributed by atoms with Crippen molar-refractivity contribution in [1.82, 2.24) is 19.1 Å². The fourth-order valence-corrected chi connectivity index (χ4v) is 3.32. The normalized spacial score (nSPS) is 10.7. The third kappa shape index (κ3) is 3.44. The molecule has 9 heteroatoms. The SMILES string of the molecule is COc1ncccc1-c1cn(-c2cc(O)cc(Cl)c2)c(=O)n(-c2cccnc2)c1=O. The Bertz CT molecular complexity index is 1330. The van der Waals surface area contributed by atoms with Crippen molar-refractivity contribution in [3.8, 4) is 34.1 Å². The van der Waals surface area contributed by atoms with Crippen molar-refractivity contribution < 1.29 is 9.84 Å². The number of phenols is 1. The summed E-state index contributed by atoms with van der Waals surface area (Å²) >= 11 is 6.06. The number of aromatic hydroxyl groups is 1. The molecule has 0 unspecified atom stereocenters. The Balaban J connectivity index is 2.12. The molecule has 150 valence electrons. The van der Waals surface area contributed by atoms with Gasteiger partial charge in [-0.05, 0) is 36.4 Å². The van der Waals surface area contributed by atoms with E-state index < -0.39 is 11.2 Å². The number of benzene rings is 1. The Hall–Kier alpha value is -3.91. The molecule has 0 saturated heterocycles. The second kappa shape index (κ2) is 7.84. The van der Waals surface area contributed by atoms with Crippen LogP contribution in [0.5, 0.6) is 11.6 Å². The Labute approximate surface area is 175 Å². The van der Waals surface area contributed by atoms with Crippen LogP contribution in [0.3, 0.4) is 0 Å². The Morgan fingerprint density at radius 1 is 1.03 bits per heavy atom. The fraction of sp³-hybridized carbons (Fsp3) is 0.0476. The van der Waals surface area contributed by atoms with Gasteiger partial charge in [-0.3, -0.25) is 14.3 Å². The lowest BCUT2D eigenvalue weighted by molar-refractivity contribution is 0.399. The molecule has 0 aliphatic heterocycles. The first-order valence-electron chi connectivity index (χ1n) is 8.78. The maximum absolute atomic E-state index is 13.3. The summed E-state index contributed by atoms with van der Waals surface area (Å²) in [5, 5.41) is 10.2. The van der Waals surface area contributed by atoms with Crippen LogP contribution in [0, 0.1) is 0 Å². The standard InChI is InChI=1S/C21H15ClN4O4/c1-30-19-17(5-3-7-24-19)18-12-25(15-8-13(22)9-16(27)10-15)21(29)26(20(18)28)14-4-2-6-23-11-14/h2-12,27H,1H3. The lowest BCUT2D eigenvalue weighted by Crippen LogP contribution is -2.38. The monoisotopic (exact) mass is 422 g/mol. The van der Waals surface area contributed by atoms with Crippen molar-refractivity contribution in [2.24, 2.45) is 0 Å². The van der Waals surface area contributed by atoms with Crippen LogP contribution in [0.1, 0.15) is 0 Å². The highest BCUT2D eigenvalue weighted by Crippen LogP contribution is 2.26. The summed E-state index contributed by atoms with van der Waals surface area (Å²) in [7, 11) is 1.44. The number of hydrogen-bond acceptors (Lipinski definition) is 6. The molecule has 8 nitrogen and oxygen atoms in total. The molecule has 0 aliphatic carbocycles. The maximum atomic E-state index is 13.3. The van der Waals surface area contributed by atoms with E-state index in [0.717, 1.165) is 4.57 Å². The van der Waals surface area contributed by atoms with Gasteiger partial charge in [0.1, 0.15) is 5.75 Å². The first-order valence-corrected chi connectivity index (χ1v) is 9.16. The molecule has 0 saturated carbocycles. The molecule has 0 aliphatic rings. The summed E-state index contributed by atoms with van der Waals surface area (Å²) in [6.45, 7) is 0. The molecule has 3 heterocycles. The molecule has 0 radical (unpaired) electrons. The molecule has 0 spiro atoms. The van der Waals surface area contributed by atoms with Gasteiger partial charge in [0.15, 0.2) is 0 Å². The van der Waals surface area contributed by atoms with Crippen LogP contribution in [0.15, 0.2) is 76.8 Å². The number of aromatic nitrogens is 4. The van der Waals surface area contributed by atoms with E-state index in [4.69, 9.17) is 16.3 Å². The first kappa shape index (κ1) is 19.4. The van der Waals surface area contributed by atoms with E-state index in [9.17, 15) is 14.7 Å². The van der Waals surface area contributed by atoms with Gasteiger partial charge in [0, 0.05) is 29.7 Å². The van der Waals surface area contributed by atoms with Crippen molar-refractivity contribution in [2.75, 3.05) is 7.11 Å². The van der Waals surface area contributed by atoms with Gasteiger partial charge >= 0.3 is 5.69 Å². The van der Waals surface area contributed by atoms with Crippen molar-refractivity contribution in [2.45, 2.75) is 0 Å². The van der Waals surface area contributed by atoms with Crippen molar-refractivity contribution in [1.29, 1.82) is 0 Å². The molecule has 0 atom stereocenters. The average molecular weight is 423 g/mol. The Kier molecular flexibility index (Phi) is 5.07. The van der Waals surface area contributed by atoms with E-state index in [0.29, 0.717) is 5.56 Å². The molecule has 4 rings (SSSR count). The van der Waals surface area contributed by atoms with Gasteiger partial charge in [0.25, 0.3) is 5.56 Å². The summed E-state index contributed by atoms with van der Waals surface area (Å²) in [6.07, 6.45) is 5.86. The number of methoxy groups -OCH3 is 1. The minimum atomic E-state index is -0.652. The van der Waals surface area contributed by atoms with Crippen molar-refractivity contribution >= 4 is 11.6 Å². The van der Waals surface area contributed by atoms with E-state index in [2.05, 4.69) is 9.97 Å².